The van der Waals surface area contributed by atoms with Crippen LogP contribution in [-0.4, -0.2) is 59.5 Å². The van der Waals surface area contributed by atoms with Crippen LogP contribution in [0.4, 0.5) is 0 Å². The van der Waals surface area contributed by atoms with Crippen LogP contribution in [-0.2, 0) is 14.3 Å². The third kappa shape index (κ3) is 5.24. The van der Waals surface area contributed by atoms with Crippen molar-refractivity contribution in [2.24, 2.45) is 0 Å². The summed E-state index contributed by atoms with van der Waals surface area (Å²) < 4.78 is 10.8. The normalized spacial score (nSPS) is 22.2. The minimum atomic E-state index is -0.136. The lowest BCUT2D eigenvalue weighted by atomic mass is 9.78. The molecule has 0 atom stereocenters. The summed E-state index contributed by atoms with van der Waals surface area (Å²) in [7, 11) is 0. The van der Waals surface area contributed by atoms with Crippen molar-refractivity contribution in [3.8, 4) is 0 Å². The van der Waals surface area contributed by atoms with Crippen molar-refractivity contribution in [3.05, 3.63) is 0 Å². The summed E-state index contributed by atoms with van der Waals surface area (Å²) in [5.41, 5.74) is -0.0945. The fourth-order valence-electron chi connectivity index (χ4n) is 3.61. The second-order valence-corrected chi connectivity index (χ2v) is 6.96. The van der Waals surface area contributed by atoms with Gasteiger partial charge in [-0.1, -0.05) is 0 Å². The maximum Gasteiger partial charge on any atom is 0.307 e. The van der Waals surface area contributed by atoms with E-state index in [0.717, 1.165) is 12.8 Å². The smallest absolute Gasteiger partial charge is 0.307 e. The Morgan fingerprint density at radius 1 is 1.24 bits per heavy atom. The molecule has 0 unspecified atom stereocenters. The summed E-state index contributed by atoms with van der Waals surface area (Å²) in [6, 6.07) is 0. The van der Waals surface area contributed by atoms with Crippen molar-refractivity contribution < 1.29 is 19.4 Å². The number of piperidine rings is 1. The summed E-state index contributed by atoms with van der Waals surface area (Å²) in [6.07, 6.45) is 2.38. The lowest BCUT2D eigenvalue weighted by Gasteiger charge is -2.55. The highest BCUT2D eigenvalue weighted by Gasteiger charge is 2.45. The average molecular weight is 301 g/mol. The molecule has 0 amide bonds. The van der Waals surface area contributed by atoms with Gasteiger partial charge < -0.3 is 14.6 Å². The zero-order valence-electron chi connectivity index (χ0n) is 14.1. The molecule has 124 valence electrons. The summed E-state index contributed by atoms with van der Waals surface area (Å²) in [5, 5.41) is 8.92. The molecule has 0 aromatic rings. The first-order valence-electron chi connectivity index (χ1n) is 7.89. The van der Waals surface area contributed by atoms with Crippen LogP contribution in [0.15, 0.2) is 0 Å². The number of rotatable bonds is 7. The van der Waals surface area contributed by atoms with E-state index in [1.54, 1.807) is 0 Å². The highest BCUT2D eigenvalue weighted by atomic mass is 16.5. The molecule has 5 heteroatoms. The standard InChI is InChI=1S/C16H31NO4/c1-6-20-14(19)7-8-17-15(2,3)11-13(21-10-9-18)12-16(17,4)5/h13,18H,6-12H2,1-5H3. The molecule has 1 aliphatic rings. The molecule has 1 saturated heterocycles. The van der Waals surface area contributed by atoms with Gasteiger partial charge in [-0.25, -0.2) is 0 Å². The fourth-order valence-corrected chi connectivity index (χ4v) is 3.61. The van der Waals surface area contributed by atoms with Gasteiger partial charge in [-0.3, -0.25) is 9.69 Å². The van der Waals surface area contributed by atoms with Gasteiger partial charge in [0.05, 0.1) is 32.3 Å². The van der Waals surface area contributed by atoms with Crippen molar-refractivity contribution in [1.82, 2.24) is 4.90 Å². The van der Waals surface area contributed by atoms with E-state index in [-0.39, 0.29) is 29.8 Å². The van der Waals surface area contributed by atoms with Gasteiger partial charge in [0.1, 0.15) is 0 Å². The molecular weight excluding hydrogens is 270 g/mol. The fraction of sp³-hybridized carbons (Fsp3) is 0.938. The summed E-state index contributed by atoms with van der Waals surface area (Å²) in [5.74, 6) is -0.136. The number of hydrogen-bond donors (Lipinski definition) is 1. The SMILES string of the molecule is CCOC(=O)CCN1C(C)(C)CC(OCCO)CC1(C)C. The lowest BCUT2D eigenvalue weighted by Crippen LogP contribution is -2.62. The number of hydrogen-bond acceptors (Lipinski definition) is 5. The van der Waals surface area contributed by atoms with Crippen LogP contribution in [0.2, 0.25) is 0 Å². The summed E-state index contributed by atoms with van der Waals surface area (Å²) in [6.45, 7) is 12.2. The molecule has 21 heavy (non-hydrogen) atoms. The largest absolute Gasteiger partial charge is 0.466 e. The predicted molar refractivity (Wildman–Crippen MR) is 82.2 cm³/mol. The molecular formula is C16H31NO4. The Morgan fingerprint density at radius 2 is 1.81 bits per heavy atom. The van der Waals surface area contributed by atoms with E-state index in [1.807, 2.05) is 6.92 Å². The van der Waals surface area contributed by atoms with Gasteiger partial charge in [0.15, 0.2) is 0 Å². The Morgan fingerprint density at radius 3 is 2.29 bits per heavy atom. The van der Waals surface area contributed by atoms with Gasteiger partial charge in [-0.2, -0.15) is 0 Å². The molecule has 1 rings (SSSR count). The third-order valence-electron chi connectivity index (χ3n) is 4.21. The molecule has 0 spiro atoms. The van der Waals surface area contributed by atoms with Crippen LogP contribution >= 0.6 is 0 Å². The Balaban J connectivity index is 2.68. The maximum absolute atomic E-state index is 11.6. The van der Waals surface area contributed by atoms with Crippen molar-refractivity contribution >= 4 is 5.97 Å². The van der Waals surface area contributed by atoms with Gasteiger partial charge in [0, 0.05) is 17.6 Å². The van der Waals surface area contributed by atoms with Gasteiger partial charge in [-0.15, -0.1) is 0 Å². The number of esters is 1. The number of carbonyl (C=O) groups excluding carboxylic acids is 1. The topological polar surface area (TPSA) is 59.0 Å². The molecule has 1 N–H and O–H groups in total. The summed E-state index contributed by atoms with van der Waals surface area (Å²) in [4.78, 5) is 14.0. The second-order valence-electron chi connectivity index (χ2n) is 6.96. The van der Waals surface area contributed by atoms with Crippen molar-refractivity contribution in [2.75, 3.05) is 26.4 Å². The molecule has 5 nitrogen and oxygen atoms in total. The first-order valence-corrected chi connectivity index (χ1v) is 7.89. The van der Waals surface area contributed by atoms with Crippen molar-refractivity contribution in [1.29, 1.82) is 0 Å². The molecule has 0 radical (unpaired) electrons. The van der Waals surface area contributed by atoms with E-state index >= 15 is 0 Å². The molecule has 0 aliphatic carbocycles. The molecule has 1 heterocycles. The van der Waals surface area contributed by atoms with Gasteiger partial charge in [0.2, 0.25) is 0 Å². The molecule has 0 aromatic carbocycles. The number of aliphatic hydroxyl groups excluding tert-OH is 1. The van der Waals surface area contributed by atoms with Crippen LogP contribution in [0.3, 0.4) is 0 Å². The van der Waals surface area contributed by atoms with Gasteiger partial charge in [0.25, 0.3) is 0 Å². The maximum atomic E-state index is 11.6. The Kier molecular flexibility index (Phi) is 6.63. The minimum absolute atomic E-state index is 0.0473. The minimum Gasteiger partial charge on any atom is -0.466 e. The van der Waals surface area contributed by atoms with Crippen LogP contribution < -0.4 is 0 Å². The molecule has 0 saturated carbocycles. The Hall–Kier alpha value is -0.650. The molecule has 0 aromatic heterocycles. The van der Waals surface area contributed by atoms with Crippen LogP contribution in [0.25, 0.3) is 0 Å². The second kappa shape index (κ2) is 7.56. The Labute approximate surface area is 128 Å². The van der Waals surface area contributed by atoms with Crippen LogP contribution in [0.5, 0.6) is 0 Å². The van der Waals surface area contributed by atoms with E-state index in [4.69, 9.17) is 14.6 Å². The lowest BCUT2D eigenvalue weighted by molar-refractivity contribution is -0.146. The highest BCUT2D eigenvalue weighted by Crippen LogP contribution is 2.39. The van der Waals surface area contributed by atoms with Gasteiger partial charge in [-0.05, 0) is 47.5 Å². The van der Waals surface area contributed by atoms with E-state index in [0.29, 0.717) is 26.2 Å². The van der Waals surface area contributed by atoms with Crippen molar-refractivity contribution in [2.45, 2.75) is 71.1 Å². The quantitative estimate of drug-likeness (QED) is 0.729. The number of nitrogens with zero attached hydrogens (tertiary/aromatic N) is 1. The number of ether oxygens (including phenoxy) is 2. The number of aliphatic hydroxyl groups is 1. The van der Waals surface area contributed by atoms with E-state index in [2.05, 4.69) is 32.6 Å². The van der Waals surface area contributed by atoms with Crippen LogP contribution in [0.1, 0.15) is 53.9 Å². The third-order valence-corrected chi connectivity index (χ3v) is 4.21. The molecule has 1 fully saturated rings. The van der Waals surface area contributed by atoms with E-state index in [1.165, 1.54) is 0 Å². The monoisotopic (exact) mass is 301 g/mol. The first kappa shape index (κ1) is 18.4. The average Bonchev–Trinajstić information content (AvgIpc) is 2.33. The number of likely N-dealkylation sites (tertiary alicyclic amines) is 1. The molecule has 0 bridgehead atoms. The molecule has 1 aliphatic heterocycles. The van der Waals surface area contributed by atoms with E-state index < -0.39 is 0 Å². The predicted octanol–water partition coefficient (Wildman–Crippen LogP) is 1.97. The van der Waals surface area contributed by atoms with Crippen LogP contribution in [0, 0.1) is 0 Å². The van der Waals surface area contributed by atoms with Gasteiger partial charge >= 0.3 is 5.97 Å². The van der Waals surface area contributed by atoms with E-state index in [9.17, 15) is 4.79 Å². The zero-order chi connectivity index (χ0) is 16.1. The van der Waals surface area contributed by atoms with Crippen molar-refractivity contribution in [3.63, 3.8) is 0 Å². The number of carbonyl (C=O) groups is 1. The highest BCUT2D eigenvalue weighted by molar-refractivity contribution is 5.69. The summed E-state index contributed by atoms with van der Waals surface area (Å²) >= 11 is 0. The first-order chi connectivity index (χ1) is 9.73. The Bertz CT molecular complexity index is 323. The zero-order valence-corrected chi connectivity index (χ0v) is 14.1.